The van der Waals surface area contributed by atoms with Gasteiger partial charge in [0.25, 0.3) is 5.91 Å². The SMILES string of the molecule is O=C(Nc1ccc(F)c(F)c1)c1ccc(Cl)c(S(=O)(=O)C2CC3CC(C2)C3(O)[C@@H](O)c2nccs2)c1. The van der Waals surface area contributed by atoms with Crippen LogP contribution in [0, 0.1) is 23.5 Å². The Labute approximate surface area is 214 Å². The highest BCUT2D eigenvalue weighted by atomic mass is 35.5. The lowest BCUT2D eigenvalue weighted by atomic mass is 9.52. The number of amides is 1. The van der Waals surface area contributed by atoms with Gasteiger partial charge in [0.1, 0.15) is 16.7 Å². The van der Waals surface area contributed by atoms with Gasteiger partial charge < -0.3 is 15.5 Å². The third kappa shape index (κ3) is 4.12. The zero-order valence-electron chi connectivity index (χ0n) is 18.6. The second-order valence-electron chi connectivity index (χ2n) is 9.16. The Kier molecular flexibility index (Phi) is 6.40. The van der Waals surface area contributed by atoms with Crippen molar-refractivity contribution in [2.24, 2.45) is 11.8 Å². The molecule has 2 aromatic carbocycles. The van der Waals surface area contributed by atoms with Crippen LogP contribution in [0.2, 0.25) is 5.02 Å². The Balaban J connectivity index is 1.36. The van der Waals surface area contributed by atoms with E-state index in [4.69, 9.17) is 11.6 Å². The van der Waals surface area contributed by atoms with Gasteiger partial charge in [0.15, 0.2) is 21.5 Å². The van der Waals surface area contributed by atoms with Crippen LogP contribution in [0.3, 0.4) is 0 Å². The number of anilines is 1. The molecule has 3 aliphatic rings. The lowest BCUT2D eigenvalue weighted by molar-refractivity contribution is -0.233. The van der Waals surface area contributed by atoms with Gasteiger partial charge in [-0.1, -0.05) is 11.6 Å². The number of aliphatic hydroxyl groups is 2. The molecule has 3 fully saturated rings. The van der Waals surface area contributed by atoms with E-state index in [1.54, 1.807) is 5.38 Å². The molecule has 190 valence electrons. The zero-order valence-corrected chi connectivity index (χ0v) is 21.0. The number of hydrogen-bond acceptors (Lipinski definition) is 7. The standard InChI is InChI=1S/C24H21ClF2N2O5S2/c25-17-3-1-12(22(31)29-15-2-4-18(26)19(27)11-15)7-20(17)36(33,34)16-9-13-8-14(10-16)24(13,32)21(30)23-28-5-6-35-23/h1-7,11,13-14,16,21,30,32H,8-10H2,(H,29,31)/t13?,14?,16?,21-,24?/m0/s1. The number of fused-ring (bicyclic) bond motifs is 2. The smallest absolute Gasteiger partial charge is 0.255 e. The number of benzene rings is 2. The number of sulfone groups is 1. The molecule has 2 bridgehead atoms. The molecule has 36 heavy (non-hydrogen) atoms. The van der Waals surface area contributed by atoms with Crippen molar-refractivity contribution in [3.05, 3.63) is 75.2 Å². The van der Waals surface area contributed by atoms with Gasteiger partial charge in [-0.3, -0.25) is 4.79 Å². The van der Waals surface area contributed by atoms with Gasteiger partial charge >= 0.3 is 0 Å². The third-order valence-corrected chi connectivity index (χ3v) is 10.7. The summed E-state index contributed by atoms with van der Waals surface area (Å²) >= 11 is 7.45. The van der Waals surface area contributed by atoms with Crippen molar-refractivity contribution in [1.82, 2.24) is 4.98 Å². The Morgan fingerprint density at radius 3 is 2.50 bits per heavy atom. The van der Waals surface area contributed by atoms with Crippen molar-refractivity contribution < 1.29 is 32.2 Å². The predicted octanol–water partition coefficient (Wildman–Crippen LogP) is 4.36. The maximum absolute atomic E-state index is 13.5. The first kappa shape index (κ1) is 25.2. The number of carbonyl (C=O) groups is 1. The van der Waals surface area contributed by atoms with Gasteiger partial charge in [0.05, 0.1) is 15.2 Å². The van der Waals surface area contributed by atoms with Crippen LogP contribution in [0.5, 0.6) is 0 Å². The van der Waals surface area contributed by atoms with Crippen molar-refractivity contribution in [2.75, 3.05) is 5.32 Å². The number of aliphatic hydroxyl groups excluding tert-OH is 1. The summed E-state index contributed by atoms with van der Waals surface area (Å²) in [5.74, 6) is -3.80. The topological polar surface area (TPSA) is 117 Å². The quantitative estimate of drug-likeness (QED) is 0.417. The highest BCUT2D eigenvalue weighted by Gasteiger charge is 2.64. The number of rotatable bonds is 6. The van der Waals surface area contributed by atoms with E-state index in [1.807, 2.05) is 0 Å². The first-order valence-electron chi connectivity index (χ1n) is 11.1. The van der Waals surface area contributed by atoms with Crippen LogP contribution in [-0.2, 0) is 9.84 Å². The fraction of sp³-hybridized carbons (Fsp3) is 0.333. The van der Waals surface area contributed by atoms with Crippen LogP contribution in [-0.4, -0.2) is 40.4 Å². The van der Waals surface area contributed by atoms with Crippen molar-refractivity contribution in [1.29, 1.82) is 0 Å². The average Bonchev–Trinajstić information content (AvgIpc) is 3.40. The molecular weight excluding hydrogens is 534 g/mol. The van der Waals surface area contributed by atoms with Crippen LogP contribution in [0.15, 0.2) is 52.9 Å². The molecule has 0 spiro atoms. The normalized spacial score (nSPS) is 26.2. The van der Waals surface area contributed by atoms with Gasteiger partial charge in [-0.15, -0.1) is 11.3 Å². The summed E-state index contributed by atoms with van der Waals surface area (Å²) in [6, 6.07) is 6.64. The van der Waals surface area contributed by atoms with E-state index in [1.165, 1.54) is 35.7 Å². The van der Waals surface area contributed by atoms with E-state index >= 15 is 0 Å². The molecule has 3 atom stereocenters. The molecule has 12 heteroatoms. The molecule has 1 heterocycles. The Bertz CT molecular complexity index is 1420. The minimum Gasteiger partial charge on any atom is -0.386 e. The van der Waals surface area contributed by atoms with Crippen LogP contribution in [0.1, 0.15) is 40.7 Å². The first-order chi connectivity index (χ1) is 17.0. The molecule has 1 amide bonds. The Morgan fingerprint density at radius 2 is 1.86 bits per heavy atom. The first-order valence-corrected chi connectivity index (χ1v) is 13.9. The van der Waals surface area contributed by atoms with Gasteiger partial charge in [0, 0.05) is 28.9 Å². The molecule has 0 aliphatic heterocycles. The summed E-state index contributed by atoms with van der Waals surface area (Å²) in [5, 5.41) is 25.5. The van der Waals surface area contributed by atoms with Crippen LogP contribution in [0.25, 0.3) is 0 Å². The Hall–Kier alpha value is -2.44. The molecular formula is C24H21ClF2N2O5S2. The fourth-order valence-corrected chi connectivity index (χ4v) is 8.38. The monoisotopic (exact) mass is 554 g/mol. The number of thiazole rings is 1. The summed E-state index contributed by atoms with van der Waals surface area (Å²) in [6.45, 7) is 0. The molecule has 3 aromatic rings. The molecule has 1 aromatic heterocycles. The van der Waals surface area contributed by atoms with E-state index in [-0.39, 0.29) is 34.0 Å². The highest BCUT2D eigenvalue weighted by molar-refractivity contribution is 7.92. The largest absolute Gasteiger partial charge is 0.386 e. The van der Waals surface area contributed by atoms with E-state index < -0.39 is 56.2 Å². The molecule has 6 rings (SSSR count). The molecule has 3 aliphatic carbocycles. The number of nitrogens with one attached hydrogen (secondary N) is 1. The maximum Gasteiger partial charge on any atom is 0.255 e. The van der Waals surface area contributed by atoms with Crippen LogP contribution < -0.4 is 5.32 Å². The maximum atomic E-state index is 13.5. The molecule has 3 N–H and O–H groups in total. The van der Waals surface area contributed by atoms with Crippen molar-refractivity contribution in [3.63, 3.8) is 0 Å². The average molecular weight is 555 g/mol. The predicted molar refractivity (Wildman–Crippen MR) is 130 cm³/mol. The molecule has 0 saturated heterocycles. The van der Waals surface area contributed by atoms with Crippen molar-refractivity contribution in [2.45, 2.75) is 41.1 Å². The number of hydrogen-bond donors (Lipinski definition) is 3. The Morgan fingerprint density at radius 1 is 1.14 bits per heavy atom. The summed E-state index contributed by atoms with van der Waals surface area (Å²) in [7, 11) is -3.99. The van der Waals surface area contributed by atoms with E-state index in [0.29, 0.717) is 11.4 Å². The summed E-state index contributed by atoms with van der Waals surface area (Å²) in [6.07, 6.45) is 1.18. The van der Waals surface area contributed by atoms with Crippen LogP contribution >= 0.6 is 22.9 Å². The van der Waals surface area contributed by atoms with E-state index in [2.05, 4.69) is 10.3 Å². The van der Waals surface area contributed by atoms with E-state index in [9.17, 15) is 32.2 Å². The molecule has 0 radical (unpaired) electrons. The van der Waals surface area contributed by atoms with Crippen molar-refractivity contribution in [3.8, 4) is 0 Å². The minimum atomic E-state index is -3.99. The van der Waals surface area contributed by atoms with Gasteiger partial charge in [-0.25, -0.2) is 22.2 Å². The second kappa shape index (κ2) is 9.14. The van der Waals surface area contributed by atoms with Gasteiger partial charge in [-0.2, -0.15) is 0 Å². The lowest BCUT2D eigenvalue weighted by Crippen LogP contribution is -2.64. The fourth-order valence-electron chi connectivity index (χ4n) is 5.28. The number of halogens is 3. The summed E-state index contributed by atoms with van der Waals surface area (Å²) in [5.41, 5.74) is -1.47. The second-order valence-corrected chi connectivity index (χ2v) is 12.7. The number of aromatic nitrogens is 1. The summed E-state index contributed by atoms with van der Waals surface area (Å²) in [4.78, 5) is 16.5. The van der Waals surface area contributed by atoms with Gasteiger partial charge in [0.2, 0.25) is 0 Å². The number of nitrogens with zero attached hydrogens (tertiary/aromatic N) is 1. The highest BCUT2D eigenvalue weighted by Crippen LogP contribution is 2.60. The third-order valence-electron chi connectivity index (χ3n) is 7.21. The molecule has 7 nitrogen and oxygen atoms in total. The van der Waals surface area contributed by atoms with Crippen molar-refractivity contribution >= 4 is 44.4 Å². The number of carbonyl (C=O) groups excluding carboxylic acids is 1. The summed E-state index contributed by atoms with van der Waals surface area (Å²) < 4.78 is 53.7. The van der Waals surface area contributed by atoms with E-state index in [0.717, 1.165) is 18.2 Å². The minimum absolute atomic E-state index is 0.00343. The zero-order chi connectivity index (χ0) is 25.8. The van der Waals surface area contributed by atoms with Gasteiger partial charge in [-0.05, 0) is 61.4 Å². The lowest BCUT2D eigenvalue weighted by Gasteiger charge is -2.59. The van der Waals surface area contributed by atoms with Crippen LogP contribution in [0.4, 0.5) is 14.5 Å². The molecule has 3 saturated carbocycles. The molecule has 2 unspecified atom stereocenters.